The van der Waals surface area contributed by atoms with Crippen LogP contribution in [0.15, 0.2) is 12.2 Å². The summed E-state index contributed by atoms with van der Waals surface area (Å²) < 4.78 is 11.0. The van der Waals surface area contributed by atoms with Crippen LogP contribution in [-0.4, -0.2) is 86.3 Å². The van der Waals surface area contributed by atoms with E-state index in [1.165, 1.54) is 0 Å². The third kappa shape index (κ3) is 4.89. The molecule has 1 saturated heterocycles. The first-order chi connectivity index (χ1) is 12.5. The summed E-state index contributed by atoms with van der Waals surface area (Å²) in [4.78, 5) is 0. The Hall–Kier alpha value is -0.580. The van der Waals surface area contributed by atoms with E-state index in [0.29, 0.717) is 6.42 Å². The molecule has 1 saturated carbocycles. The molecule has 0 bridgehead atoms. The van der Waals surface area contributed by atoms with Crippen molar-refractivity contribution in [2.24, 2.45) is 17.3 Å². The predicted molar refractivity (Wildman–Crippen MR) is 96.5 cm³/mol. The van der Waals surface area contributed by atoms with Gasteiger partial charge in [0.25, 0.3) is 0 Å². The molecule has 1 heterocycles. The molecule has 0 radical (unpaired) electrons. The third-order valence-electron chi connectivity index (χ3n) is 5.92. The molecule has 158 valence electrons. The lowest BCUT2D eigenvalue weighted by Gasteiger charge is -2.46. The number of hydrogen-bond acceptors (Lipinski definition) is 8. The summed E-state index contributed by atoms with van der Waals surface area (Å²) in [5.74, 6) is -0.129. The van der Waals surface area contributed by atoms with Crippen LogP contribution in [0.3, 0.4) is 0 Å². The highest BCUT2D eigenvalue weighted by atomic mass is 16.7. The summed E-state index contributed by atoms with van der Waals surface area (Å²) in [6.45, 7) is 7.20. The summed E-state index contributed by atoms with van der Waals surface area (Å²) in [6, 6.07) is 0. The van der Waals surface area contributed by atoms with E-state index in [9.17, 15) is 30.6 Å². The second kappa shape index (κ2) is 8.84. The highest BCUT2D eigenvalue weighted by Gasteiger charge is 2.45. The summed E-state index contributed by atoms with van der Waals surface area (Å²) in [7, 11) is 0. The first kappa shape index (κ1) is 22.7. The molecule has 0 aromatic heterocycles. The highest BCUT2D eigenvalue weighted by Crippen LogP contribution is 2.45. The molecule has 0 spiro atoms. The van der Waals surface area contributed by atoms with Crippen LogP contribution in [0.5, 0.6) is 0 Å². The van der Waals surface area contributed by atoms with Gasteiger partial charge in [0, 0.05) is 0 Å². The van der Waals surface area contributed by atoms with Gasteiger partial charge in [-0.1, -0.05) is 32.9 Å². The molecule has 0 unspecified atom stereocenters. The molecule has 2 fully saturated rings. The van der Waals surface area contributed by atoms with Crippen LogP contribution in [0.2, 0.25) is 0 Å². The largest absolute Gasteiger partial charge is 0.394 e. The molecule has 0 aromatic rings. The van der Waals surface area contributed by atoms with Crippen molar-refractivity contribution in [1.82, 2.24) is 0 Å². The van der Waals surface area contributed by atoms with E-state index in [0.717, 1.165) is 0 Å². The van der Waals surface area contributed by atoms with Crippen molar-refractivity contribution >= 4 is 0 Å². The van der Waals surface area contributed by atoms with Gasteiger partial charge in [0.15, 0.2) is 6.29 Å². The molecule has 0 amide bonds. The van der Waals surface area contributed by atoms with Gasteiger partial charge in [-0.25, -0.2) is 0 Å². The number of allylic oxidation sites excluding steroid dienone is 1. The molecule has 1 aliphatic heterocycles. The highest BCUT2D eigenvalue weighted by molar-refractivity contribution is 5.06. The number of aliphatic hydroxyl groups excluding tert-OH is 6. The summed E-state index contributed by atoms with van der Waals surface area (Å²) in [5, 5.41) is 59.1. The monoisotopic (exact) mass is 390 g/mol. The normalized spacial score (nSPS) is 46.5. The fraction of sp³-hybridized carbons (Fsp3) is 0.895. The standard InChI is InChI=1S/C19H34O8/c1-9(26-18-17(25)16(24)15(23)13(8-20)27-18)5-6-11-10(2)14(22)12(21)7-19(11,3)4/h5-6,9-18,20-25H,7-8H2,1-4H3/b6-5+/t9-,10+,11+,12+,13-,14+,15-,16+,17-,18-/m1/s1. The lowest BCUT2D eigenvalue weighted by molar-refractivity contribution is -0.306. The Balaban J connectivity index is 2.02. The van der Waals surface area contributed by atoms with Crippen molar-refractivity contribution in [1.29, 1.82) is 0 Å². The predicted octanol–water partition coefficient (Wildman–Crippen LogP) is -0.848. The first-order valence-electron chi connectivity index (χ1n) is 9.50. The SMILES string of the molecule is C[C@@H]1[C@H](O)[C@@H](O)CC(C)(C)[C@H]1/C=C/[C@@H](C)O[C@@H]1O[C@H](CO)[C@@H](O)[C@H](O)[C@H]1O. The zero-order valence-electron chi connectivity index (χ0n) is 16.3. The number of hydrogen-bond donors (Lipinski definition) is 6. The second-order valence-electron chi connectivity index (χ2n) is 8.56. The average molecular weight is 390 g/mol. The molecule has 10 atom stereocenters. The third-order valence-corrected chi connectivity index (χ3v) is 5.92. The van der Waals surface area contributed by atoms with E-state index in [-0.39, 0.29) is 17.3 Å². The van der Waals surface area contributed by atoms with Gasteiger partial charge in [-0.05, 0) is 30.6 Å². The van der Waals surface area contributed by atoms with Crippen molar-refractivity contribution in [3.05, 3.63) is 12.2 Å². The van der Waals surface area contributed by atoms with Gasteiger partial charge in [-0.2, -0.15) is 0 Å². The van der Waals surface area contributed by atoms with Gasteiger partial charge in [-0.3, -0.25) is 0 Å². The quantitative estimate of drug-likeness (QED) is 0.334. The molecular weight excluding hydrogens is 356 g/mol. The zero-order valence-corrected chi connectivity index (χ0v) is 16.3. The van der Waals surface area contributed by atoms with Crippen LogP contribution < -0.4 is 0 Å². The Morgan fingerprint density at radius 3 is 2.30 bits per heavy atom. The summed E-state index contributed by atoms with van der Waals surface area (Å²) >= 11 is 0. The van der Waals surface area contributed by atoms with E-state index in [1.807, 2.05) is 26.8 Å². The zero-order chi connectivity index (χ0) is 20.5. The minimum atomic E-state index is -1.48. The van der Waals surface area contributed by atoms with Crippen LogP contribution in [0, 0.1) is 17.3 Å². The second-order valence-corrected chi connectivity index (χ2v) is 8.56. The van der Waals surface area contributed by atoms with Gasteiger partial charge < -0.3 is 40.1 Å². The number of ether oxygens (including phenoxy) is 2. The van der Waals surface area contributed by atoms with Crippen LogP contribution in [0.1, 0.15) is 34.1 Å². The van der Waals surface area contributed by atoms with Gasteiger partial charge >= 0.3 is 0 Å². The smallest absolute Gasteiger partial charge is 0.187 e. The van der Waals surface area contributed by atoms with E-state index in [2.05, 4.69) is 0 Å². The Kier molecular flexibility index (Phi) is 7.43. The van der Waals surface area contributed by atoms with Crippen LogP contribution in [-0.2, 0) is 9.47 Å². The molecule has 6 N–H and O–H groups in total. The van der Waals surface area contributed by atoms with Crippen molar-refractivity contribution in [3.8, 4) is 0 Å². The fourth-order valence-electron chi connectivity index (χ4n) is 4.22. The fourth-order valence-corrected chi connectivity index (χ4v) is 4.22. The van der Waals surface area contributed by atoms with Gasteiger partial charge in [0.2, 0.25) is 0 Å². The Labute approximate surface area is 160 Å². The van der Waals surface area contributed by atoms with Crippen LogP contribution in [0.4, 0.5) is 0 Å². The molecule has 8 nitrogen and oxygen atoms in total. The molecule has 1 aliphatic carbocycles. The minimum Gasteiger partial charge on any atom is -0.394 e. The molecule has 2 rings (SSSR count). The molecule has 0 aromatic carbocycles. The van der Waals surface area contributed by atoms with Crippen LogP contribution in [0.25, 0.3) is 0 Å². The van der Waals surface area contributed by atoms with Gasteiger partial charge in [-0.15, -0.1) is 0 Å². The van der Waals surface area contributed by atoms with E-state index >= 15 is 0 Å². The minimum absolute atomic E-state index is 0.0109. The van der Waals surface area contributed by atoms with E-state index in [1.54, 1.807) is 13.0 Å². The Morgan fingerprint density at radius 2 is 1.70 bits per heavy atom. The van der Waals surface area contributed by atoms with Crippen molar-refractivity contribution in [2.75, 3.05) is 6.61 Å². The number of aliphatic hydroxyl groups is 6. The maximum Gasteiger partial charge on any atom is 0.187 e. The lowest BCUT2D eigenvalue weighted by atomic mass is 9.62. The maximum atomic E-state index is 10.2. The van der Waals surface area contributed by atoms with Crippen molar-refractivity contribution < 1.29 is 40.1 Å². The average Bonchev–Trinajstić information content (AvgIpc) is 2.59. The van der Waals surface area contributed by atoms with Crippen LogP contribution >= 0.6 is 0 Å². The first-order valence-corrected chi connectivity index (χ1v) is 9.50. The van der Waals surface area contributed by atoms with Crippen molar-refractivity contribution in [2.45, 2.75) is 83.1 Å². The van der Waals surface area contributed by atoms with Gasteiger partial charge in [0.05, 0.1) is 24.9 Å². The van der Waals surface area contributed by atoms with E-state index < -0.39 is 55.6 Å². The van der Waals surface area contributed by atoms with Crippen molar-refractivity contribution in [3.63, 3.8) is 0 Å². The number of rotatable bonds is 5. The topological polar surface area (TPSA) is 140 Å². The van der Waals surface area contributed by atoms with Gasteiger partial charge in [0.1, 0.15) is 24.4 Å². The Morgan fingerprint density at radius 1 is 1.07 bits per heavy atom. The summed E-state index contributed by atoms with van der Waals surface area (Å²) in [5.41, 5.74) is -0.211. The Bertz CT molecular complexity index is 508. The molecule has 27 heavy (non-hydrogen) atoms. The molecular formula is C19H34O8. The maximum absolute atomic E-state index is 10.2. The van der Waals surface area contributed by atoms with E-state index in [4.69, 9.17) is 9.47 Å². The summed E-state index contributed by atoms with van der Waals surface area (Å²) in [6.07, 6.45) is -4.38. The lowest BCUT2D eigenvalue weighted by Crippen LogP contribution is -2.59. The molecule has 8 heteroatoms. The molecule has 2 aliphatic rings.